The topological polar surface area (TPSA) is 77.5 Å². The number of carbonyl (C=O) groups is 2. The first-order chi connectivity index (χ1) is 22.0. The van der Waals surface area contributed by atoms with Crippen LogP contribution in [-0.2, 0) is 4.79 Å². The van der Waals surface area contributed by atoms with Gasteiger partial charge in [0.05, 0.1) is 24.8 Å². The van der Waals surface area contributed by atoms with Crippen LogP contribution in [0.2, 0.25) is 10.0 Å². The first-order valence-corrected chi connectivity index (χ1v) is 16.2. The van der Waals surface area contributed by atoms with Gasteiger partial charge in [-0.2, -0.15) is 0 Å². The summed E-state index contributed by atoms with van der Waals surface area (Å²) in [4.78, 5) is 38.3. The van der Waals surface area contributed by atoms with Crippen LogP contribution in [0, 0.1) is 12.3 Å². The van der Waals surface area contributed by atoms with Crippen LogP contribution in [0.1, 0.15) is 62.0 Å². The SMILES string of the molecule is C#Cc1ccc(C2=N[C@@H](c3ccc(Cl)cc3)[C@@H](c3ccc(Cl)cc3)N2C(=O)N2CCN(CC(=O)NC(C)(C)C)CC2)c(OCC)c1.Cl. The predicted octanol–water partition coefficient (Wildman–Crippen LogP) is 6.99. The van der Waals surface area contributed by atoms with E-state index in [1.54, 1.807) is 11.0 Å². The third-order valence-electron chi connectivity index (χ3n) is 7.91. The summed E-state index contributed by atoms with van der Waals surface area (Å²) in [7, 11) is 0. The molecule has 248 valence electrons. The molecule has 2 aliphatic rings. The van der Waals surface area contributed by atoms with Gasteiger partial charge < -0.3 is 15.0 Å². The van der Waals surface area contributed by atoms with Crippen LogP contribution in [0.5, 0.6) is 5.75 Å². The molecule has 0 spiro atoms. The number of rotatable bonds is 7. The zero-order valence-electron chi connectivity index (χ0n) is 27.0. The van der Waals surface area contributed by atoms with Gasteiger partial charge >= 0.3 is 6.03 Å². The standard InChI is InChI=1S/C36H39Cl2N5O3.ClH/c1-6-24-8-17-29(30(22-24)46-7-2)34-39-32(25-9-13-27(37)14-10-25)33(26-11-15-28(38)16-12-26)43(34)35(45)42-20-18-41(19-21-42)23-31(44)40-36(3,4)5;/h1,8-17,22,32-33H,7,18-21,23H2,2-5H3,(H,40,44);1H/t32-,33+;/m0./s1. The predicted molar refractivity (Wildman–Crippen MR) is 191 cm³/mol. The van der Waals surface area contributed by atoms with E-state index in [1.807, 2.05) is 93.3 Å². The van der Waals surface area contributed by atoms with Gasteiger partial charge in [-0.25, -0.2) is 4.79 Å². The third-order valence-corrected chi connectivity index (χ3v) is 8.41. The number of piperazine rings is 1. The smallest absolute Gasteiger partial charge is 0.326 e. The molecular weight excluding hydrogens is 657 g/mol. The van der Waals surface area contributed by atoms with Gasteiger partial charge in [0.2, 0.25) is 5.91 Å². The van der Waals surface area contributed by atoms with Gasteiger partial charge in [0.1, 0.15) is 17.6 Å². The van der Waals surface area contributed by atoms with Crippen molar-refractivity contribution < 1.29 is 14.3 Å². The van der Waals surface area contributed by atoms with Crippen molar-refractivity contribution in [3.63, 3.8) is 0 Å². The summed E-state index contributed by atoms with van der Waals surface area (Å²) in [6, 6.07) is 19.5. The summed E-state index contributed by atoms with van der Waals surface area (Å²) >= 11 is 12.6. The summed E-state index contributed by atoms with van der Waals surface area (Å²) in [5.74, 6) is 3.68. The maximum atomic E-state index is 14.7. The normalized spacial score (nSPS) is 18.2. The largest absolute Gasteiger partial charge is 0.493 e. The van der Waals surface area contributed by atoms with Gasteiger partial charge in [0.15, 0.2) is 0 Å². The Morgan fingerprint density at radius 1 is 0.957 bits per heavy atom. The summed E-state index contributed by atoms with van der Waals surface area (Å²) in [6.07, 6.45) is 5.73. The highest BCUT2D eigenvalue weighted by Crippen LogP contribution is 2.45. The Morgan fingerprint density at radius 2 is 1.55 bits per heavy atom. The number of aliphatic imine (C=N–C) groups is 1. The number of hydrogen-bond acceptors (Lipinski definition) is 5. The summed E-state index contributed by atoms with van der Waals surface area (Å²) < 4.78 is 6.06. The molecule has 1 N–H and O–H groups in total. The molecule has 47 heavy (non-hydrogen) atoms. The van der Waals surface area contributed by atoms with Crippen molar-refractivity contribution in [1.82, 2.24) is 20.0 Å². The van der Waals surface area contributed by atoms with Gasteiger partial charge in [0.25, 0.3) is 0 Å². The van der Waals surface area contributed by atoms with Crippen LogP contribution in [-0.4, -0.2) is 77.3 Å². The lowest BCUT2D eigenvalue weighted by Crippen LogP contribution is -2.56. The molecule has 0 aromatic heterocycles. The third kappa shape index (κ3) is 8.60. The molecule has 2 aliphatic heterocycles. The highest BCUT2D eigenvalue weighted by atomic mass is 35.5. The first kappa shape index (κ1) is 36.1. The van der Waals surface area contributed by atoms with Gasteiger partial charge in [-0.3, -0.25) is 19.6 Å². The Kier molecular flexibility index (Phi) is 11.9. The number of nitrogens with one attached hydrogen (secondary N) is 1. The Morgan fingerprint density at radius 3 is 2.11 bits per heavy atom. The number of nitrogens with zero attached hydrogens (tertiary/aromatic N) is 4. The zero-order chi connectivity index (χ0) is 33.0. The van der Waals surface area contributed by atoms with Crippen molar-refractivity contribution >= 4 is 53.4 Å². The molecule has 0 aliphatic carbocycles. The molecule has 0 radical (unpaired) electrons. The van der Waals surface area contributed by atoms with Crippen LogP contribution in [0.4, 0.5) is 4.79 Å². The van der Waals surface area contributed by atoms with Crippen molar-refractivity contribution in [2.24, 2.45) is 4.99 Å². The van der Waals surface area contributed by atoms with Gasteiger partial charge in [0, 0.05) is 47.3 Å². The van der Waals surface area contributed by atoms with E-state index in [2.05, 4.69) is 16.1 Å². The molecule has 1 fully saturated rings. The fraction of sp³-hybridized carbons (Fsp3) is 0.361. The quantitative estimate of drug-likeness (QED) is 0.270. The van der Waals surface area contributed by atoms with Gasteiger partial charge in [-0.1, -0.05) is 53.4 Å². The fourth-order valence-corrected chi connectivity index (χ4v) is 6.09. The molecule has 5 rings (SSSR count). The second kappa shape index (κ2) is 15.4. The molecule has 3 aromatic rings. The van der Waals surface area contributed by atoms with Crippen LogP contribution in [0.3, 0.4) is 0 Å². The lowest BCUT2D eigenvalue weighted by atomic mass is 9.93. The van der Waals surface area contributed by atoms with Crippen molar-refractivity contribution in [2.45, 2.75) is 45.3 Å². The molecule has 3 aromatic carbocycles. The first-order valence-electron chi connectivity index (χ1n) is 15.4. The fourth-order valence-electron chi connectivity index (χ4n) is 5.84. The van der Waals surface area contributed by atoms with Gasteiger partial charge in [-0.15, -0.1) is 18.8 Å². The van der Waals surface area contributed by atoms with E-state index in [4.69, 9.17) is 39.4 Å². The number of hydrogen-bond donors (Lipinski definition) is 1. The van der Waals surface area contributed by atoms with Crippen LogP contribution >= 0.6 is 35.6 Å². The van der Waals surface area contributed by atoms with Crippen LogP contribution in [0.15, 0.2) is 71.7 Å². The van der Waals surface area contributed by atoms with E-state index >= 15 is 0 Å². The molecular formula is C36H40Cl3N5O3. The second-order valence-corrected chi connectivity index (χ2v) is 13.3. The van der Waals surface area contributed by atoms with Crippen LogP contribution in [0.25, 0.3) is 0 Å². The Hall–Kier alpha value is -3.74. The van der Waals surface area contributed by atoms with E-state index < -0.39 is 12.1 Å². The molecule has 2 atom stereocenters. The van der Waals surface area contributed by atoms with Crippen LogP contribution < -0.4 is 10.1 Å². The molecule has 2 heterocycles. The van der Waals surface area contributed by atoms with Crippen molar-refractivity contribution in [3.05, 3.63) is 99.0 Å². The highest BCUT2D eigenvalue weighted by molar-refractivity contribution is 6.30. The summed E-state index contributed by atoms with van der Waals surface area (Å²) in [5, 5.41) is 4.22. The molecule has 0 saturated carbocycles. The molecule has 1 saturated heterocycles. The molecule has 3 amide bonds. The number of ether oxygens (including phenoxy) is 1. The van der Waals surface area contributed by atoms with E-state index in [9.17, 15) is 9.59 Å². The number of carbonyl (C=O) groups excluding carboxylic acids is 2. The molecule has 8 nitrogen and oxygen atoms in total. The summed E-state index contributed by atoms with van der Waals surface area (Å²) in [6.45, 7) is 10.5. The molecule has 0 unspecified atom stereocenters. The summed E-state index contributed by atoms with van der Waals surface area (Å²) in [5.41, 5.74) is 2.81. The number of halogens is 3. The number of benzene rings is 3. The number of amidine groups is 1. The second-order valence-electron chi connectivity index (χ2n) is 12.4. The number of urea groups is 1. The van der Waals surface area contributed by atoms with Crippen molar-refractivity contribution in [2.75, 3.05) is 39.3 Å². The van der Waals surface area contributed by atoms with E-state index in [0.29, 0.717) is 65.5 Å². The number of amides is 3. The average molecular weight is 697 g/mol. The lowest BCUT2D eigenvalue weighted by molar-refractivity contribution is -0.124. The maximum Gasteiger partial charge on any atom is 0.326 e. The number of terminal acetylenes is 1. The Bertz CT molecular complexity index is 1640. The van der Waals surface area contributed by atoms with Crippen molar-refractivity contribution in [1.29, 1.82) is 0 Å². The Labute approximate surface area is 293 Å². The average Bonchev–Trinajstić information content (AvgIpc) is 3.41. The van der Waals surface area contributed by atoms with Gasteiger partial charge in [-0.05, 0) is 81.3 Å². The minimum atomic E-state index is -0.488. The Balaban J connectivity index is 0.00000500. The monoisotopic (exact) mass is 695 g/mol. The van der Waals surface area contributed by atoms with Crippen molar-refractivity contribution in [3.8, 4) is 18.1 Å². The van der Waals surface area contributed by atoms with E-state index in [1.165, 1.54) is 0 Å². The lowest BCUT2D eigenvalue weighted by Gasteiger charge is -2.39. The minimum absolute atomic E-state index is 0. The van der Waals surface area contributed by atoms with E-state index in [0.717, 1.165) is 11.1 Å². The highest BCUT2D eigenvalue weighted by Gasteiger charge is 2.45. The molecule has 0 bridgehead atoms. The zero-order valence-corrected chi connectivity index (χ0v) is 29.3. The van der Waals surface area contributed by atoms with E-state index in [-0.39, 0.29) is 36.4 Å². The minimum Gasteiger partial charge on any atom is -0.493 e. The molecule has 11 heteroatoms. The maximum absolute atomic E-state index is 14.7.